The number of phosphoric acid groups is 1. The maximum absolute atomic E-state index is 12.4. The summed E-state index contributed by atoms with van der Waals surface area (Å²) in [6.45, 7) is 5.88. The van der Waals surface area contributed by atoms with E-state index in [-0.39, 0.29) is 19.4 Å². The fourth-order valence-corrected chi connectivity index (χ4v) is 7.18. The van der Waals surface area contributed by atoms with Gasteiger partial charge in [-0.1, -0.05) is 187 Å². The van der Waals surface area contributed by atoms with Crippen LogP contribution in [-0.4, -0.2) is 63.5 Å². The Kier molecular flexibility index (Phi) is 38.3. The minimum Gasteiger partial charge on any atom is -0.462 e. The van der Waals surface area contributed by atoms with E-state index in [1.807, 2.05) is 6.08 Å². The number of hydrogen-bond acceptors (Lipinski definition) is 8. The van der Waals surface area contributed by atoms with E-state index in [1.165, 1.54) is 109 Å². The van der Waals surface area contributed by atoms with Crippen LogP contribution in [0.1, 0.15) is 226 Å². The fraction of sp³-hybridized carbons (Fsp3) is 0.911. The molecule has 0 amide bonds. The molecule has 0 aliphatic rings. The van der Waals surface area contributed by atoms with Gasteiger partial charge in [0.25, 0.3) is 0 Å². The van der Waals surface area contributed by atoms with E-state index < -0.39 is 44.7 Å². The molecule has 0 fully saturated rings. The third-order valence-electron chi connectivity index (χ3n) is 10.4. The molecule has 0 unspecified atom stereocenters. The highest BCUT2D eigenvalue weighted by Gasteiger charge is 2.23. The summed E-state index contributed by atoms with van der Waals surface area (Å²) in [7, 11) is -4.79. The summed E-state index contributed by atoms with van der Waals surface area (Å²) in [5, 5.41) is 20.4. The van der Waals surface area contributed by atoms with Crippen LogP contribution in [0.5, 0.6) is 0 Å². The van der Waals surface area contributed by atoms with Gasteiger partial charge in [0, 0.05) is 12.8 Å². The lowest BCUT2D eigenvalue weighted by molar-refractivity contribution is -0.161. The molecule has 0 bridgehead atoms. The maximum atomic E-state index is 12.4. The zero-order valence-electron chi connectivity index (χ0n) is 36.2. The van der Waals surface area contributed by atoms with Crippen LogP contribution in [0.4, 0.5) is 0 Å². The smallest absolute Gasteiger partial charge is 0.462 e. The fourth-order valence-electron chi connectivity index (χ4n) is 6.82. The molecule has 11 heteroatoms. The Morgan fingerprint density at radius 2 is 1.00 bits per heavy atom. The molecule has 0 heterocycles. The number of aliphatic hydroxyl groups is 2. The normalized spacial score (nSPS) is 13.7. The van der Waals surface area contributed by atoms with Gasteiger partial charge in [-0.2, -0.15) is 0 Å². The predicted octanol–water partition coefficient (Wildman–Crippen LogP) is 12.0. The van der Waals surface area contributed by atoms with Crippen LogP contribution in [-0.2, 0) is 28.2 Å². The Bertz CT molecular complexity index is 969. The van der Waals surface area contributed by atoms with E-state index in [0.29, 0.717) is 25.7 Å². The number of unbranched alkanes of at least 4 members (excludes halogenated alkanes) is 24. The largest absolute Gasteiger partial charge is 0.469 e. The molecule has 0 aliphatic heterocycles. The van der Waals surface area contributed by atoms with Crippen LogP contribution in [0.15, 0.2) is 12.2 Å². The van der Waals surface area contributed by atoms with Crippen molar-refractivity contribution in [1.82, 2.24) is 0 Å². The van der Waals surface area contributed by atoms with Crippen molar-refractivity contribution in [3.05, 3.63) is 12.2 Å². The molecule has 332 valence electrons. The van der Waals surface area contributed by atoms with Gasteiger partial charge in [0.1, 0.15) is 6.61 Å². The van der Waals surface area contributed by atoms with Gasteiger partial charge >= 0.3 is 19.8 Å². The molecule has 0 aromatic carbocycles. The van der Waals surface area contributed by atoms with Gasteiger partial charge in [0.05, 0.1) is 18.8 Å². The van der Waals surface area contributed by atoms with Gasteiger partial charge in [-0.05, 0) is 44.4 Å². The summed E-state index contributed by atoms with van der Waals surface area (Å²) in [6.07, 6.45) is 35.3. The quantitative estimate of drug-likeness (QED) is 0.0202. The number of carbonyl (C=O) groups is 2. The van der Waals surface area contributed by atoms with Crippen LogP contribution in [0.25, 0.3) is 0 Å². The van der Waals surface area contributed by atoms with Crippen molar-refractivity contribution in [2.45, 2.75) is 245 Å². The molecule has 0 saturated carbocycles. The highest BCUT2D eigenvalue weighted by molar-refractivity contribution is 7.46. The van der Waals surface area contributed by atoms with Crippen molar-refractivity contribution in [2.24, 2.45) is 5.92 Å². The number of rotatable bonds is 42. The Labute approximate surface area is 342 Å². The second kappa shape index (κ2) is 39.2. The zero-order chi connectivity index (χ0) is 41.5. The highest BCUT2D eigenvalue weighted by atomic mass is 31.2. The number of ether oxygens (including phenoxy) is 2. The minimum atomic E-state index is -4.79. The molecular weight excluding hydrogens is 731 g/mol. The molecule has 0 aromatic rings. The number of allylic oxidation sites excluding steroid dienone is 1. The van der Waals surface area contributed by atoms with Gasteiger partial charge in [0.15, 0.2) is 6.10 Å². The number of aliphatic hydroxyl groups excluding tert-OH is 2. The second-order valence-electron chi connectivity index (χ2n) is 16.5. The van der Waals surface area contributed by atoms with Crippen LogP contribution in [0.2, 0.25) is 0 Å². The Hall–Kier alpha value is -1.29. The van der Waals surface area contributed by atoms with E-state index in [4.69, 9.17) is 19.3 Å². The first-order chi connectivity index (χ1) is 26.9. The first-order valence-electron chi connectivity index (χ1n) is 23.0. The molecule has 0 spiro atoms. The summed E-state index contributed by atoms with van der Waals surface area (Å²) in [5.41, 5.74) is 0. The van der Waals surface area contributed by atoms with Gasteiger partial charge < -0.3 is 29.5 Å². The predicted molar refractivity (Wildman–Crippen MR) is 228 cm³/mol. The monoisotopic (exact) mass is 819 g/mol. The van der Waals surface area contributed by atoms with Crippen molar-refractivity contribution in [3.63, 3.8) is 0 Å². The van der Waals surface area contributed by atoms with Crippen molar-refractivity contribution in [3.8, 4) is 0 Å². The minimum absolute atomic E-state index is 0.172. The Morgan fingerprint density at radius 3 is 1.46 bits per heavy atom. The van der Waals surface area contributed by atoms with Crippen molar-refractivity contribution >= 4 is 19.8 Å². The Balaban J connectivity index is 3.93. The average molecular weight is 819 g/mol. The first kappa shape index (κ1) is 54.7. The zero-order valence-corrected chi connectivity index (χ0v) is 37.1. The number of esters is 2. The van der Waals surface area contributed by atoms with E-state index >= 15 is 0 Å². The first-order valence-corrected chi connectivity index (χ1v) is 24.5. The molecule has 4 N–H and O–H groups in total. The Morgan fingerprint density at radius 1 is 0.554 bits per heavy atom. The topological polar surface area (TPSA) is 160 Å². The van der Waals surface area contributed by atoms with Crippen molar-refractivity contribution in [1.29, 1.82) is 0 Å². The summed E-state index contributed by atoms with van der Waals surface area (Å²) in [5.74, 6) is -0.143. The van der Waals surface area contributed by atoms with Gasteiger partial charge in [-0.3, -0.25) is 14.1 Å². The van der Waals surface area contributed by atoms with Gasteiger partial charge in [-0.15, -0.1) is 0 Å². The van der Waals surface area contributed by atoms with E-state index in [0.717, 1.165) is 63.7 Å². The number of hydrogen-bond donors (Lipinski definition) is 4. The molecule has 10 nitrogen and oxygen atoms in total. The summed E-state index contributed by atoms with van der Waals surface area (Å²) in [6, 6.07) is 0. The third kappa shape index (κ3) is 40.9. The van der Waals surface area contributed by atoms with Crippen LogP contribution in [0, 0.1) is 5.92 Å². The van der Waals surface area contributed by atoms with Gasteiger partial charge in [-0.25, -0.2) is 4.57 Å². The second-order valence-corrected chi connectivity index (χ2v) is 17.8. The molecule has 3 atom stereocenters. The van der Waals surface area contributed by atoms with Gasteiger partial charge in [0.2, 0.25) is 0 Å². The lowest BCUT2D eigenvalue weighted by Gasteiger charge is -2.18. The van der Waals surface area contributed by atoms with Crippen LogP contribution in [0.3, 0.4) is 0 Å². The molecular formula is C45H87O10P. The average Bonchev–Trinajstić information content (AvgIpc) is 3.15. The molecule has 0 radical (unpaired) electrons. The van der Waals surface area contributed by atoms with E-state index in [2.05, 4.69) is 31.4 Å². The standard InChI is InChI=1S/C45H87O10P/c1-4-5-6-7-24-29-34-42(46)43(47)35-30-25-22-27-31-36-44(48)53-38-41(39-54-56(50,51)52)55-45(49)37-32-26-21-19-17-15-13-11-9-8-10-12-14-16-18-20-23-28-33-40(2)3/h24,29,40-43,46-47H,4-23,25-28,30-39H2,1-3H3,(H2,50,51,52)/b29-24-/t41-,42-,43-/m1/s1. The summed E-state index contributed by atoms with van der Waals surface area (Å²) >= 11 is 0. The molecule has 0 rings (SSSR count). The molecule has 0 aliphatic carbocycles. The molecule has 0 aromatic heterocycles. The lowest BCUT2D eigenvalue weighted by atomic mass is 10.0. The van der Waals surface area contributed by atoms with Crippen molar-refractivity contribution < 1.29 is 48.2 Å². The summed E-state index contributed by atoms with van der Waals surface area (Å²) < 4.78 is 26.4. The molecule has 0 saturated heterocycles. The number of carbonyl (C=O) groups excluding carboxylic acids is 2. The van der Waals surface area contributed by atoms with E-state index in [1.54, 1.807) is 0 Å². The highest BCUT2D eigenvalue weighted by Crippen LogP contribution is 2.36. The summed E-state index contributed by atoms with van der Waals surface area (Å²) in [4.78, 5) is 43.0. The lowest BCUT2D eigenvalue weighted by Crippen LogP contribution is -2.29. The van der Waals surface area contributed by atoms with E-state index in [9.17, 15) is 24.4 Å². The maximum Gasteiger partial charge on any atom is 0.469 e. The number of phosphoric ester groups is 1. The van der Waals surface area contributed by atoms with Crippen molar-refractivity contribution in [2.75, 3.05) is 13.2 Å². The third-order valence-corrected chi connectivity index (χ3v) is 10.9. The van der Waals surface area contributed by atoms with Crippen LogP contribution < -0.4 is 0 Å². The molecule has 56 heavy (non-hydrogen) atoms. The van der Waals surface area contributed by atoms with Crippen LogP contribution >= 0.6 is 7.82 Å². The SMILES string of the molecule is CCCCC/C=C\C[C@@H](O)[C@H](O)CCCCCCCC(=O)OC[C@H](COP(=O)(O)O)OC(=O)CCCCCCCCCCCCCCCCCCCCC(C)C.